The molecule has 2 aliphatic heterocycles. The Hall–Kier alpha value is -1.26. The number of phenolic OH excluding ortho intramolecular Hbond substituents is 1. The zero-order valence-corrected chi connectivity index (χ0v) is 9.34. The number of ether oxygens (including phenoxy) is 1. The van der Waals surface area contributed by atoms with Crippen LogP contribution >= 0.6 is 12.4 Å². The predicted octanol–water partition coefficient (Wildman–Crippen LogP) is 1.12. The summed E-state index contributed by atoms with van der Waals surface area (Å²) in [6, 6.07) is 4.93. The Kier molecular flexibility index (Phi) is 2.56. The summed E-state index contributed by atoms with van der Waals surface area (Å²) in [5.74, 6) is 0.489. The number of Topliss-reactive ketones (excluding diaryl/α,β-unsaturated/α-hetero) is 1. The van der Waals surface area contributed by atoms with Gasteiger partial charge in [0.1, 0.15) is 22.7 Å². The van der Waals surface area contributed by atoms with Crippen molar-refractivity contribution in [3.05, 3.63) is 23.8 Å². The number of phenols is 1. The fraction of sp³-hybridized carbons (Fsp3) is 0.364. The minimum atomic E-state index is -0.363. The van der Waals surface area contributed by atoms with Gasteiger partial charge in [0.15, 0.2) is 5.78 Å². The van der Waals surface area contributed by atoms with Crippen LogP contribution in [0.15, 0.2) is 18.2 Å². The quantitative estimate of drug-likeness (QED) is 0.715. The summed E-state index contributed by atoms with van der Waals surface area (Å²) in [5.41, 5.74) is -0.0345. The van der Waals surface area contributed by atoms with Crippen molar-refractivity contribution in [2.75, 3.05) is 13.1 Å². The number of carbonyl (C=O) groups excluding carboxylic acids is 1. The molecule has 0 aromatic heterocycles. The first-order valence-electron chi connectivity index (χ1n) is 4.95. The maximum absolute atomic E-state index is 11.8. The average molecular weight is 242 g/mol. The second-order valence-corrected chi connectivity index (χ2v) is 4.14. The predicted molar refractivity (Wildman–Crippen MR) is 60.5 cm³/mol. The third kappa shape index (κ3) is 1.45. The van der Waals surface area contributed by atoms with Crippen LogP contribution in [0.1, 0.15) is 16.8 Å². The van der Waals surface area contributed by atoms with E-state index < -0.39 is 0 Å². The first-order chi connectivity index (χ1) is 7.20. The van der Waals surface area contributed by atoms with Gasteiger partial charge in [-0.15, -0.1) is 12.4 Å². The highest BCUT2D eigenvalue weighted by molar-refractivity contribution is 6.02. The number of nitrogens with one attached hydrogen (secondary N) is 1. The van der Waals surface area contributed by atoms with Gasteiger partial charge in [0, 0.05) is 13.1 Å². The van der Waals surface area contributed by atoms with Gasteiger partial charge in [-0.25, -0.2) is 0 Å². The standard InChI is InChI=1S/C11H11NO3.ClH/c13-7-2-1-3-9-10(7)8(14)4-11(15-9)5-12-6-11;/h1-3,12-13H,4-6H2;1H. The van der Waals surface area contributed by atoms with E-state index in [1.54, 1.807) is 12.1 Å². The maximum Gasteiger partial charge on any atom is 0.174 e. The number of benzene rings is 1. The Morgan fingerprint density at radius 2 is 2.12 bits per heavy atom. The van der Waals surface area contributed by atoms with Crippen molar-refractivity contribution in [1.29, 1.82) is 0 Å². The molecule has 0 radical (unpaired) electrons. The number of carbonyl (C=O) groups is 1. The van der Waals surface area contributed by atoms with Crippen LogP contribution < -0.4 is 10.1 Å². The van der Waals surface area contributed by atoms with Gasteiger partial charge in [-0.2, -0.15) is 0 Å². The number of ketones is 1. The van der Waals surface area contributed by atoms with E-state index in [1.165, 1.54) is 6.07 Å². The lowest BCUT2D eigenvalue weighted by atomic mass is 9.85. The number of rotatable bonds is 0. The molecule has 2 N–H and O–H groups in total. The van der Waals surface area contributed by atoms with Crippen molar-refractivity contribution in [3.8, 4) is 11.5 Å². The molecule has 4 nitrogen and oxygen atoms in total. The third-order valence-corrected chi connectivity index (χ3v) is 2.99. The van der Waals surface area contributed by atoms with E-state index in [1.807, 2.05) is 0 Å². The number of fused-ring (bicyclic) bond motifs is 1. The van der Waals surface area contributed by atoms with Crippen LogP contribution in [-0.2, 0) is 0 Å². The average Bonchev–Trinajstić information content (AvgIpc) is 2.14. The summed E-state index contributed by atoms with van der Waals surface area (Å²) in [6.07, 6.45) is 0.352. The molecule has 5 heteroatoms. The Morgan fingerprint density at radius 3 is 2.75 bits per heavy atom. The highest BCUT2D eigenvalue weighted by Gasteiger charge is 2.46. The van der Waals surface area contributed by atoms with Crippen molar-refractivity contribution in [2.24, 2.45) is 0 Å². The number of hydrogen-bond acceptors (Lipinski definition) is 4. The molecule has 2 aliphatic rings. The Balaban J connectivity index is 0.000000963. The Bertz CT molecular complexity index is 443. The SMILES string of the molecule is Cl.O=C1CC2(CNC2)Oc2cccc(O)c21. The van der Waals surface area contributed by atoms with Crippen LogP contribution in [0.3, 0.4) is 0 Å². The second-order valence-electron chi connectivity index (χ2n) is 4.14. The Labute approximate surface area is 99.0 Å². The van der Waals surface area contributed by atoms with Gasteiger partial charge in [0.25, 0.3) is 0 Å². The topological polar surface area (TPSA) is 58.6 Å². The third-order valence-electron chi connectivity index (χ3n) is 2.99. The molecule has 1 spiro atoms. The van der Waals surface area contributed by atoms with Gasteiger partial charge in [-0.05, 0) is 12.1 Å². The number of halogens is 1. The molecule has 2 heterocycles. The first kappa shape index (κ1) is 11.2. The molecular weight excluding hydrogens is 230 g/mol. The van der Waals surface area contributed by atoms with E-state index >= 15 is 0 Å². The van der Waals surface area contributed by atoms with Gasteiger partial charge in [0.05, 0.1) is 6.42 Å². The van der Waals surface area contributed by atoms with Gasteiger partial charge in [-0.1, -0.05) is 6.07 Å². The van der Waals surface area contributed by atoms with E-state index in [-0.39, 0.29) is 29.5 Å². The summed E-state index contributed by atoms with van der Waals surface area (Å²) in [6.45, 7) is 1.40. The van der Waals surface area contributed by atoms with Crippen molar-refractivity contribution in [2.45, 2.75) is 12.0 Å². The van der Waals surface area contributed by atoms with Crippen LogP contribution in [0.25, 0.3) is 0 Å². The van der Waals surface area contributed by atoms with E-state index in [2.05, 4.69) is 5.32 Å². The van der Waals surface area contributed by atoms with Crippen LogP contribution in [0.4, 0.5) is 0 Å². The van der Waals surface area contributed by atoms with E-state index in [4.69, 9.17) is 4.74 Å². The highest BCUT2D eigenvalue weighted by atomic mass is 35.5. The minimum absolute atomic E-state index is 0. The molecular formula is C11H12ClNO3. The molecule has 1 saturated heterocycles. The van der Waals surface area contributed by atoms with Crippen LogP contribution in [-0.4, -0.2) is 29.6 Å². The van der Waals surface area contributed by atoms with E-state index in [9.17, 15) is 9.90 Å². The normalized spacial score (nSPS) is 20.4. The van der Waals surface area contributed by atoms with Crippen molar-refractivity contribution in [1.82, 2.24) is 5.32 Å². The zero-order valence-electron chi connectivity index (χ0n) is 8.53. The molecule has 1 aromatic carbocycles. The lowest BCUT2D eigenvalue weighted by Gasteiger charge is -2.44. The second kappa shape index (κ2) is 3.64. The molecule has 0 bridgehead atoms. The molecule has 0 amide bonds. The van der Waals surface area contributed by atoms with E-state index in [0.29, 0.717) is 30.8 Å². The molecule has 0 unspecified atom stereocenters. The zero-order chi connectivity index (χ0) is 10.5. The molecule has 16 heavy (non-hydrogen) atoms. The fourth-order valence-electron chi connectivity index (χ4n) is 2.14. The van der Waals surface area contributed by atoms with Crippen molar-refractivity contribution in [3.63, 3.8) is 0 Å². The number of aromatic hydroxyl groups is 1. The van der Waals surface area contributed by atoms with Gasteiger partial charge >= 0.3 is 0 Å². The minimum Gasteiger partial charge on any atom is -0.507 e. The molecule has 0 aliphatic carbocycles. The summed E-state index contributed by atoms with van der Waals surface area (Å²) < 4.78 is 5.76. The van der Waals surface area contributed by atoms with Crippen LogP contribution in [0.5, 0.6) is 11.5 Å². The lowest BCUT2D eigenvalue weighted by molar-refractivity contribution is 0.00205. The van der Waals surface area contributed by atoms with Crippen LogP contribution in [0.2, 0.25) is 0 Å². The first-order valence-corrected chi connectivity index (χ1v) is 4.95. The largest absolute Gasteiger partial charge is 0.507 e. The summed E-state index contributed by atoms with van der Waals surface area (Å²) >= 11 is 0. The van der Waals surface area contributed by atoms with Crippen LogP contribution in [0, 0.1) is 0 Å². The Morgan fingerprint density at radius 1 is 1.38 bits per heavy atom. The van der Waals surface area contributed by atoms with Gasteiger partial charge in [-0.3, -0.25) is 4.79 Å². The molecule has 0 atom stereocenters. The molecule has 1 fully saturated rings. The summed E-state index contributed by atoms with van der Waals surface area (Å²) in [4.78, 5) is 11.8. The smallest absolute Gasteiger partial charge is 0.174 e. The molecule has 86 valence electrons. The molecule has 3 rings (SSSR count). The highest BCUT2D eigenvalue weighted by Crippen LogP contribution is 2.39. The maximum atomic E-state index is 11.8. The van der Waals surface area contributed by atoms with E-state index in [0.717, 1.165) is 0 Å². The fourth-order valence-corrected chi connectivity index (χ4v) is 2.14. The van der Waals surface area contributed by atoms with Gasteiger partial charge < -0.3 is 15.2 Å². The molecule has 1 aromatic rings. The summed E-state index contributed by atoms with van der Waals surface area (Å²) in [7, 11) is 0. The summed E-state index contributed by atoms with van der Waals surface area (Å²) in [5, 5.41) is 12.7. The number of hydrogen-bond donors (Lipinski definition) is 2. The lowest BCUT2D eigenvalue weighted by Crippen LogP contribution is -2.65. The molecule has 0 saturated carbocycles. The van der Waals surface area contributed by atoms with Gasteiger partial charge in [0.2, 0.25) is 0 Å². The van der Waals surface area contributed by atoms with Crippen molar-refractivity contribution >= 4 is 18.2 Å². The monoisotopic (exact) mass is 241 g/mol. The van der Waals surface area contributed by atoms with Crippen molar-refractivity contribution < 1.29 is 14.6 Å².